The van der Waals surface area contributed by atoms with Crippen molar-refractivity contribution in [2.45, 2.75) is 19.8 Å². The number of amides is 1. The summed E-state index contributed by atoms with van der Waals surface area (Å²) in [4.78, 5) is 22.7. The van der Waals surface area contributed by atoms with E-state index in [2.05, 4.69) is 5.32 Å². The van der Waals surface area contributed by atoms with E-state index in [1.807, 2.05) is 13.8 Å². The van der Waals surface area contributed by atoms with Gasteiger partial charge >= 0.3 is 0 Å². The van der Waals surface area contributed by atoms with Crippen molar-refractivity contribution >= 4 is 46.0 Å². The first-order valence-corrected chi connectivity index (χ1v) is 7.14. The molecule has 1 aliphatic heterocycles. The molecule has 1 aliphatic rings. The van der Waals surface area contributed by atoms with Crippen molar-refractivity contribution in [1.82, 2.24) is 5.32 Å². The summed E-state index contributed by atoms with van der Waals surface area (Å²) in [6.45, 7) is 3.80. The van der Waals surface area contributed by atoms with Gasteiger partial charge in [-0.05, 0) is 17.6 Å². The first-order valence-electron chi connectivity index (χ1n) is 5.91. The van der Waals surface area contributed by atoms with Crippen LogP contribution in [0.15, 0.2) is 23.1 Å². The average Bonchev–Trinajstić information content (AvgIpc) is 2.67. The number of benzene rings is 1. The van der Waals surface area contributed by atoms with Crippen LogP contribution in [0.5, 0.6) is 0 Å². The highest BCUT2D eigenvalue weighted by Gasteiger charge is 2.23. The fraction of sp³-hybridized carbons (Fsp3) is 0.231. The second kappa shape index (κ2) is 5.72. The summed E-state index contributed by atoms with van der Waals surface area (Å²) in [5.41, 5.74) is 1.36. The van der Waals surface area contributed by atoms with Gasteiger partial charge < -0.3 is 5.32 Å². The van der Waals surface area contributed by atoms with Crippen LogP contribution in [0.25, 0.3) is 6.08 Å². The summed E-state index contributed by atoms with van der Waals surface area (Å²) in [5, 5.41) is 13.6. The van der Waals surface area contributed by atoms with Gasteiger partial charge in [-0.15, -0.1) is 0 Å². The summed E-state index contributed by atoms with van der Waals surface area (Å²) >= 11 is 6.05. The van der Waals surface area contributed by atoms with E-state index in [1.165, 1.54) is 6.07 Å². The minimum atomic E-state index is -0.399. The Balaban J connectivity index is 2.42. The van der Waals surface area contributed by atoms with Crippen molar-refractivity contribution < 1.29 is 9.72 Å². The molecule has 0 atom stereocenters. The van der Waals surface area contributed by atoms with Gasteiger partial charge in [-0.2, -0.15) is 0 Å². The van der Waals surface area contributed by atoms with Crippen molar-refractivity contribution in [2.75, 3.05) is 0 Å². The third-order valence-electron chi connectivity index (χ3n) is 2.81. The average molecular weight is 308 g/mol. The summed E-state index contributed by atoms with van der Waals surface area (Å²) in [6.07, 6.45) is 1.61. The number of nitro groups is 1. The lowest BCUT2D eigenvalue weighted by atomic mass is 9.99. The van der Waals surface area contributed by atoms with Crippen molar-refractivity contribution in [3.05, 3.63) is 44.3 Å². The first-order chi connectivity index (χ1) is 9.38. The molecule has 0 aromatic heterocycles. The van der Waals surface area contributed by atoms with Crippen LogP contribution < -0.4 is 5.32 Å². The van der Waals surface area contributed by atoms with Gasteiger partial charge in [0.15, 0.2) is 0 Å². The predicted octanol–water partition coefficient (Wildman–Crippen LogP) is 3.21. The monoisotopic (exact) mass is 308 g/mol. The Hall–Kier alpha value is -1.73. The molecule has 5 nitrogen and oxygen atoms in total. The number of thioether (sulfide) groups is 1. The molecule has 0 unspecified atom stereocenters. The number of nitrogens with zero attached hydrogens (tertiary/aromatic N) is 1. The normalized spacial score (nSPS) is 16.9. The SMILES string of the molecule is CC(C)c1ccc(C=C2SC(=S)NC2=O)cc1[N+](=O)[O-]. The van der Waals surface area contributed by atoms with E-state index in [4.69, 9.17) is 12.2 Å². The topological polar surface area (TPSA) is 72.2 Å². The Morgan fingerprint density at radius 1 is 1.45 bits per heavy atom. The number of nitrogens with one attached hydrogen (secondary N) is 1. The lowest BCUT2D eigenvalue weighted by Gasteiger charge is -2.07. The lowest BCUT2D eigenvalue weighted by molar-refractivity contribution is -0.385. The number of rotatable bonds is 3. The van der Waals surface area contributed by atoms with Crippen LogP contribution in [0.1, 0.15) is 30.9 Å². The molecule has 104 valence electrons. The van der Waals surface area contributed by atoms with Crippen LogP contribution in [0.2, 0.25) is 0 Å². The molecule has 20 heavy (non-hydrogen) atoms. The van der Waals surface area contributed by atoms with Gasteiger partial charge in [-0.25, -0.2) is 0 Å². The number of hydrogen-bond donors (Lipinski definition) is 1. The van der Waals surface area contributed by atoms with Gasteiger partial charge in [0.1, 0.15) is 4.32 Å². The minimum absolute atomic E-state index is 0.0637. The fourth-order valence-corrected chi connectivity index (χ4v) is 2.91. The van der Waals surface area contributed by atoms with Crippen LogP contribution in [0.3, 0.4) is 0 Å². The maximum absolute atomic E-state index is 11.6. The van der Waals surface area contributed by atoms with Crippen LogP contribution in [-0.4, -0.2) is 15.2 Å². The Kier molecular flexibility index (Phi) is 4.20. The molecule has 1 heterocycles. The molecule has 1 aromatic rings. The van der Waals surface area contributed by atoms with Crippen LogP contribution in [-0.2, 0) is 4.79 Å². The van der Waals surface area contributed by atoms with Gasteiger partial charge in [-0.1, -0.05) is 50.0 Å². The molecule has 1 saturated heterocycles. The largest absolute Gasteiger partial charge is 0.307 e. The molecule has 7 heteroatoms. The summed E-state index contributed by atoms with van der Waals surface area (Å²) in [7, 11) is 0. The van der Waals surface area contributed by atoms with E-state index in [0.29, 0.717) is 20.4 Å². The highest BCUT2D eigenvalue weighted by molar-refractivity contribution is 8.26. The molecule has 1 N–H and O–H groups in total. The Bertz CT molecular complexity index is 639. The smallest absolute Gasteiger partial charge is 0.273 e. The number of thiocarbonyl (C=S) groups is 1. The molecule has 0 bridgehead atoms. The third kappa shape index (κ3) is 3.05. The van der Waals surface area contributed by atoms with Gasteiger partial charge in [0.05, 0.1) is 9.83 Å². The van der Waals surface area contributed by atoms with Gasteiger partial charge in [0, 0.05) is 11.6 Å². The number of carbonyl (C=O) groups excluding carboxylic acids is 1. The van der Waals surface area contributed by atoms with E-state index in [-0.39, 0.29) is 17.5 Å². The van der Waals surface area contributed by atoms with Crippen molar-refractivity contribution in [3.8, 4) is 0 Å². The molecule has 1 aromatic carbocycles. The van der Waals surface area contributed by atoms with E-state index in [0.717, 1.165) is 11.8 Å². The third-order valence-corrected chi connectivity index (χ3v) is 3.98. The van der Waals surface area contributed by atoms with Gasteiger partial charge in [0.25, 0.3) is 11.6 Å². The second-order valence-electron chi connectivity index (χ2n) is 4.58. The Labute approximate surface area is 125 Å². The quantitative estimate of drug-likeness (QED) is 0.402. The zero-order chi connectivity index (χ0) is 14.9. The molecular weight excluding hydrogens is 296 g/mol. The molecule has 0 aliphatic carbocycles. The van der Waals surface area contributed by atoms with E-state index in [9.17, 15) is 14.9 Å². The number of nitro benzene ring substituents is 1. The van der Waals surface area contributed by atoms with Crippen molar-refractivity contribution in [2.24, 2.45) is 0 Å². The predicted molar refractivity (Wildman–Crippen MR) is 83.5 cm³/mol. The summed E-state index contributed by atoms with van der Waals surface area (Å²) in [5.74, 6) is -0.204. The number of carbonyl (C=O) groups is 1. The highest BCUT2D eigenvalue weighted by Crippen LogP contribution is 2.30. The lowest BCUT2D eigenvalue weighted by Crippen LogP contribution is -2.17. The van der Waals surface area contributed by atoms with E-state index in [1.54, 1.807) is 18.2 Å². The zero-order valence-corrected chi connectivity index (χ0v) is 12.5. The molecule has 0 spiro atoms. The number of hydrogen-bond acceptors (Lipinski definition) is 5. The maximum atomic E-state index is 11.6. The van der Waals surface area contributed by atoms with Crippen LogP contribution >= 0.6 is 24.0 Å². The standard InChI is InChI=1S/C13H12N2O3S2/c1-7(2)9-4-3-8(5-10(9)15(17)18)6-11-12(16)14-13(19)20-11/h3-7H,1-2H3,(H,14,16,19). The van der Waals surface area contributed by atoms with Gasteiger partial charge in [0.2, 0.25) is 0 Å². The van der Waals surface area contributed by atoms with Crippen molar-refractivity contribution in [1.29, 1.82) is 0 Å². The Morgan fingerprint density at radius 2 is 2.15 bits per heavy atom. The fourth-order valence-electron chi connectivity index (χ4n) is 1.87. The van der Waals surface area contributed by atoms with Gasteiger partial charge in [-0.3, -0.25) is 14.9 Å². The highest BCUT2D eigenvalue weighted by atomic mass is 32.2. The summed E-state index contributed by atoms with van der Waals surface area (Å²) < 4.78 is 0.398. The molecule has 2 rings (SSSR count). The summed E-state index contributed by atoms with van der Waals surface area (Å²) in [6, 6.07) is 4.98. The molecule has 0 saturated carbocycles. The van der Waals surface area contributed by atoms with E-state index >= 15 is 0 Å². The van der Waals surface area contributed by atoms with Crippen LogP contribution in [0.4, 0.5) is 5.69 Å². The molecule has 1 fully saturated rings. The first kappa shape index (κ1) is 14.7. The second-order valence-corrected chi connectivity index (χ2v) is 6.30. The van der Waals surface area contributed by atoms with E-state index < -0.39 is 4.92 Å². The molecule has 1 amide bonds. The van der Waals surface area contributed by atoms with Crippen molar-refractivity contribution in [3.63, 3.8) is 0 Å². The minimum Gasteiger partial charge on any atom is -0.307 e. The maximum Gasteiger partial charge on any atom is 0.273 e. The Morgan fingerprint density at radius 3 is 2.65 bits per heavy atom. The molecular formula is C13H12N2O3S2. The molecule has 0 radical (unpaired) electrons. The van der Waals surface area contributed by atoms with Crippen LogP contribution in [0, 0.1) is 10.1 Å². The zero-order valence-electron chi connectivity index (χ0n) is 10.9.